The topological polar surface area (TPSA) is 33.0 Å². The van der Waals surface area contributed by atoms with Crippen molar-refractivity contribution in [1.82, 2.24) is 0 Å². The van der Waals surface area contributed by atoms with Gasteiger partial charge in [-0.2, -0.15) is 5.26 Å². The SMILES string of the molecule is N#C/C(=C/c1cc(Br)ccc1OCc1cccc(F)c1)c1ccc2ccccc2c1. The van der Waals surface area contributed by atoms with Crippen LogP contribution in [0.15, 0.2) is 89.4 Å². The molecule has 0 radical (unpaired) electrons. The first-order valence-electron chi connectivity index (χ1n) is 9.40. The summed E-state index contributed by atoms with van der Waals surface area (Å²) in [6.45, 7) is 0.234. The standard InChI is InChI=1S/C26H17BrFNO/c27-24-10-11-26(30-17-18-4-3-7-25(28)12-18)22(15-24)14-23(16-29)21-9-8-19-5-1-2-6-20(19)13-21/h1-15H,17H2/b23-14-. The van der Waals surface area contributed by atoms with Crippen molar-refractivity contribution >= 4 is 38.4 Å². The number of nitriles is 1. The highest BCUT2D eigenvalue weighted by molar-refractivity contribution is 9.10. The van der Waals surface area contributed by atoms with Gasteiger partial charge >= 0.3 is 0 Å². The highest BCUT2D eigenvalue weighted by atomic mass is 79.9. The van der Waals surface area contributed by atoms with Crippen LogP contribution in [0.4, 0.5) is 4.39 Å². The summed E-state index contributed by atoms with van der Waals surface area (Å²) in [5.74, 6) is 0.325. The quantitative estimate of drug-likeness (QED) is 0.231. The van der Waals surface area contributed by atoms with E-state index >= 15 is 0 Å². The molecule has 30 heavy (non-hydrogen) atoms. The minimum Gasteiger partial charge on any atom is -0.488 e. The summed E-state index contributed by atoms with van der Waals surface area (Å²) in [6, 6.07) is 28.2. The maximum Gasteiger partial charge on any atom is 0.127 e. The van der Waals surface area contributed by atoms with Crippen LogP contribution in [0.25, 0.3) is 22.4 Å². The highest BCUT2D eigenvalue weighted by Crippen LogP contribution is 2.29. The highest BCUT2D eigenvalue weighted by Gasteiger charge is 2.08. The lowest BCUT2D eigenvalue weighted by molar-refractivity contribution is 0.305. The minimum absolute atomic E-state index is 0.234. The third-order valence-corrected chi connectivity index (χ3v) is 5.23. The van der Waals surface area contributed by atoms with Gasteiger partial charge < -0.3 is 4.74 Å². The van der Waals surface area contributed by atoms with E-state index in [-0.39, 0.29) is 12.4 Å². The molecule has 0 aliphatic rings. The molecule has 0 spiro atoms. The van der Waals surface area contributed by atoms with Gasteiger partial charge in [0.05, 0.1) is 11.6 Å². The molecule has 0 saturated carbocycles. The van der Waals surface area contributed by atoms with Crippen molar-refractivity contribution in [2.45, 2.75) is 6.61 Å². The molecule has 4 rings (SSSR count). The zero-order chi connectivity index (χ0) is 20.9. The van der Waals surface area contributed by atoms with Gasteiger partial charge in [-0.05, 0) is 64.4 Å². The minimum atomic E-state index is -0.296. The van der Waals surface area contributed by atoms with E-state index in [9.17, 15) is 9.65 Å². The molecule has 0 saturated heterocycles. The zero-order valence-electron chi connectivity index (χ0n) is 16.0. The largest absolute Gasteiger partial charge is 0.488 e. The fourth-order valence-electron chi connectivity index (χ4n) is 3.24. The number of allylic oxidation sites excluding steroid dienone is 1. The molecule has 4 aromatic rings. The molecule has 2 nitrogen and oxygen atoms in total. The Balaban J connectivity index is 1.68. The van der Waals surface area contributed by atoms with Crippen molar-refractivity contribution in [3.63, 3.8) is 0 Å². The molecule has 0 heterocycles. The third kappa shape index (κ3) is 4.59. The summed E-state index contributed by atoms with van der Waals surface area (Å²) in [7, 11) is 0. The van der Waals surface area contributed by atoms with Gasteiger partial charge in [-0.15, -0.1) is 0 Å². The Labute approximate surface area is 183 Å². The van der Waals surface area contributed by atoms with Gasteiger partial charge in [0, 0.05) is 10.0 Å². The molecule has 4 aromatic carbocycles. The van der Waals surface area contributed by atoms with Gasteiger partial charge in [0.1, 0.15) is 18.2 Å². The van der Waals surface area contributed by atoms with Crippen LogP contribution in [0.5, 0.6) is 5.75 Å². The number of hydrogen-bond acceptors (Lipinski definition) is 2. The van der Waals surface area contributed by atoms with E-state index < -0.39 is 0 Å². The van der Waals surface area contributed by atoms with Gasteiger partial charge in [-0.25, -0.2) is 4.39 Å². The van der Waals surface area contributed by atoms with Gasteiger partial charge in [0.2, 0.25) is 0 Å². The normalized spacial score (nSPS) is 11.3. The molecule has 0 N–H and O–H groups in total. The lowest BCUT2D eigenvalue weighted by atomic mass is 10.00. The number of halogens is 2. The van der Waals surface area contributed by atoms with E-state index in [1.54, 1.807) is 6.07 Å². The summed E-state index contributed by atoms with van der Waals surface area (Å²) in [5, 5.41) is 12.0. The Hall–Kier alpha value is -3.42. The predicted molar refractivity (Wildman–Crippen MR) is 122 cm³/mol. The molecule has 0 aliphatic heterocycles. The van der Waals surface area contributed by atoms with Crippen LogP contribution < -0.4 is 4.74 Å². The van der Waals surface area contributed by atoms with Gasteiger partial charge in [-0.1, -0.05) is 64.5 Å². The Morgan fingerprint density at radius 1 is 0.933 bits per heavy atom. The van der Waals surface area contributed by atoms with Crippen molar-refractivity contribution in [2.24, 2.45) is 0 Å². The van der Waals surface area contributed by atoms with Crippen LogP contribution in [-0.2, 0) is 6.61 Å². The average Bonchev–Trinajstić information content (AvgIpc) is 2.76. The molecular weight excluding hydrogens is 441 g/mol. The molecule has 0 unspecified atom stereocenters. The van der Waals surface area contributed by atoms with Crippen molar-refractivity contribution in [3.05, 3.63) is 112 Å². The maximum absolute atomic E-state index is 13.4. The molecule has 146 valence electrons. The third-order valence-electron chi connectivity index (χ3n) is 4.74. The van der Waals surface area contributed by atoms with Crippen LogP contribution in [0, 0.1) is 17.1 Å². The molecule has 4 heteroatoms. The fourth-order valence-corrected chi connectivity index (χ4v) is 3.62. The number of hydrogen-bond donors (Lipinski definition) is 0. The summed E-state index contributed by atoms with van der Waals surface area (Å²) in [5.41, 5.74) is 2.88. The van der Waals surface area contributed by atoms with Crippen molar-refractivity contribution in [3.8, 4) is 11.8 Å². The summed E-state index contributed by atoms with van der Waals surface area (Å²) >= 11 is 3.49. The Kier molecular flexibility index (Phi) is 5.92. The molecule has 0 aliphatic carbocycles. The van der Waals surface area contributed by atoms with E-state index in [0.717, 1.165) is 31.9 Å². The van der Waals surface area contributed by atoms with Crippen LogP contribution in [0.3, 0.4) is 0 Å². The van der Waals surface area contributed by atoms with Crippen LogP contribution in [-0.4, -0.2) is 0 Å². The Bertz CT molecular complexity index is 1290. The molecular formula is C26H17BrFNO. The fraction of sp³-hybridized carbons (Fsp3) is 0.0385. The zero-order valence-corrected chi connectivity index (χ0v) is 17.6. The number of fused-ring (bicyclic) bond motifs is 1. The van der Waals surface area contributed by atoms with Crippen LogP contribution in [0.2, 0.25) is 0 Å². The number of rotatable bonds is 5. The molecule has 0 aromatic heterocycles. The smallest absolute Gasteiger partial charge is 0.127 e. The Morgan fingerprint density at radius 3 is 2.57 bits per heavy atom. The number of benzene rings is 4. The van der Waals surface area contributed by atoms with E-state index in [1.165, 1.54) is 12.1 Å². The predicted octanol–water partition coefficient (Wildman–Crippen LogP) is 7.38. The Morgan fingerprint density at radius 2 is 1.77 bits per heavy atom. The summed E-state index contributed by atoms with van der Waals surface area (Å²) < 4.78 is 20.3. The first kappa shape index (κ1) is 19.9. The summed E-state index contributed by atoms with van der Waals surface area (Å²) in [4.78, 5) is 0. The monoisotopic (exact) mass is 457 g/mol. The number of ether oxygens (including phenoxy) is 1. The first-order chi connectivity index (χ1) is 14.6. The maximum atomic E-state index is 13.4. The van der Waals surface area contributed by atoms with E-state index in [4.69, 9.17) is 4.74 Å². The van der Waals surface area contributed by atoms with Crippen molar-refractivity contribution in [2.75, 3.05) is 0 Å². The van der Waals surface area contributed by atoms with E-state index in [0.29, 0.717) is 11.3 Å². The lowest BCUT2D eigenvalue weighted by Crippen LogP contribution is -1.98. The number of nitrogens with zero attached hydrogens (tertiary/aromatic N) is 1. The second-order valence-electron chi connectivity index (χ2n) is 6.83. The first-order valence-corrected chi connectivity index (χ1v) is 10.2. The molecule has 0 fully saturated rings. The average molecular weight is 458 g/mol. The van der Waals surface area contributed by atoms with E-state index in [1.807, 2.05) is 72.8 Å². The van der Waals surface area contributed by atoms with Gasteiger partial charge in [0.25, 0.3) is 0 Å². The molecule has 0 bridgehead atoms. The lowest BCUT2D eigenvalue weighted by Gasteiger charge is -2.11. The molecule has 0 amide bonds. The van der Waals surface area contributed by atoms with Gasteiger partial charge in [0.15, 0.2) is 0 Å². The van der Waals surface area contributed by atoms with E-state index in [2.05, 4.69) is 22.0 Å². The van der Waals surface area contributed by atoms with Crippen molar-refractivity contribution in [1.29, 1.82) is 5.26 Å². The molecule has 0 atom stereocenters. The van der Waals surface area contributed by atoms with Crippen LogP contribution in [0.1, 0.15) is 16.7 Å². The van der Waals surface area contributed by atoms with Crippen molar-refractivity contribution < 1.29 is 9.13 Å². The second-order valence-corrected chi connectivity index (χ2v) is 7.75. The van der Waals surface area contributed by atoms with Crippen LogP contribution >= 0.6 is 15.9 Å². The van der Waals surface area contributed by atoms with Gasteiger partial charge in [-0.3, -0.25) is 0 Å². The summed E-state index contributed by atoms with van der Waals surface area (Å²) in [6.07, 6.45) is 1.82. The second kappa shape index (κ2) is 8.94.